The van der Waals surface area contributed by atoms with Gasteiger partial charge in [0, 0.05) is 51.6 Å². The van der Waals surface area contributed by atoms with Gasteiger partial charge in [0.2, 0.25) is 11.8 Å². The van der Waals surface area contributed by atoms with Crippen molar-refractivity contribution in [3.63, 3.8) is 0 Å². The normalized spacial score (nSPS) is 18.7. The van der Waals surface area contributed by atoms with Crippen LogP contribution in [-0.4, -0.2) is 61.4 Å². The molecule has 25 heavy (non-hydrogen) atoms. The third-order valence-corrected chi connectivity index (χ3v) is 4.74. The van der Waals surface area contributed by atoms with Gasteiger partial charge < -0.3 is 20.9 Å². The lowest BCUT2D eigenvalue weighted by Crippen LogP contribution is -2.40. The average molecular weight is 351 g/mol. The van der Waals surface area contributed by atoms with Crippen molar-refractivity contribution < 1.29 is 9.59 Å². The molecule has 1 heterocycles. The van der Waals surface area contributed by atoms with Crippen molar-refractivity contribution in [1.82, 2.24) is 20.9 Å². The molecule has 2 fully saturated rings. The fourth-order valence-corrected chi connectivity index (χ4v) is 3.40. The third kappa shape index (κ3) is 7.32. The zero-order valence-corrected chi connectivity index (χ0v) is 15.5. The number of hydrogen-bond acceptors (Lipinski definition) is 3. The Hall–Kier alpha value is -1.79. The average Bonchev–Trinajstić information content (AvgIpc) is 3.23. The van der Waals surface area contributed by atoms with E-state index in [4.69, 9.17) is 0 Å². The molecule has 1 saturated heterocycles. The molecule has 0 atom stereocenters. The summed E-state index contributed by atoms with van der Waals surface area (Å²) in [6, 6.07) is 0.378. The molecule has 7 heteroatoms. The summed E-state index contributed by atoms with van der Waals surface area (Å²) >= 11 is 0. The molecule has 0 bridgehead atoms. The summed E-state index contributed by atoms with van der Waals surface area (Å²) in [7, 11) is 0. The maximum Gasteiger partial charge on any atom is 0.222 e. The first kappa shape index (κ1) is 19.5. The smallest absolute Gasteiger partial charge is 0.222 e. The molecule has 0 aromatic rings. The zero-order chi connectivity index (χ0) is 17.9. The van der Waals surface area contributed by atoms with Crippen molar-refractivity contribution in [2.45, 2.75) is 64.3 Å². The van der Waals surface area contributed by atoms with Gasteiger partial charge in [-0.25, -0.2) is 0 Å². The Morgan fingerprint density at radius 1 is 1.24 bits per heavy atom. The van der Waals surface area contributed by atoms with Crippen LogP contribution in [0.5, 0.6) is 0 Å². The monoisotopic (exact) mass is 351 g/mol. The summed E-state index contributed by atoms with van der Waals surface area (Å²) in [6.45, 7) is 5.72. The fourth-order valence-electron chi connectivity index (χ4n) is 3.40. The Morgan fingerprint density at radius 3 is 2.72 bits per heavy atom. The lowest BCUT2D eigenvalue weighted by molar-refractivity contribution is -0.127. The number of nitrogens with zero attached hydrogens (tertiary/aromatic N) is 2. The van der Waals surface area contributed by atoms with Crippen LogP contribution in [0.25, 0.3) is 0 Å². The second-order valence-electron chi connectivity index (χ2n) is 6.82. The van der Waals surface area contributed by atoms with Gasteiger partial charge >= 0.3 is 0 Å². The Labute approximate surface area is 151 Å². The maximum absolute atomic E-state index is 11.9. The lowest BCUT2D eigenvalue weighted by Gasteiger charge is -2.15. The highest BCUT2D eigenvalue weighted by molar-refractivity contribution is 5.81. The molecule has 2 amide bonds. The number of guanidine groups is 1. The van der Waals surface area contributed by atoms with Crippen LogP contribution in [-0.2, 0) is 9.59 Å². The number of aliphatic imine (C=N–C) groups is 1. The number of carbonyl (C=O) groups excluding carboxylic acids is 2. The van der Waals surface area contributed by atoms with Gasteiger partial charge in [0.05, 0.1) is 0 Å². The van der Waals surface area contributed by atoms with Crippen LogP contribution in [0, 0.1) is 0 Å². The van der Waals surface area contributed by atoms with E-state index in [0.29, 0.717) is 32.0 Å². The Balaban J connectivity index is 1.61. The van der Waals surface area contributed by atoms with Gasteiger partial charge in [-0.15, -0.1) is 0 Å². The highest BCUT2D eigenvalue weighted by Gasteiger charge is 2.19. The van der Waals surface area contributed by atoms with Crippen LogP contribution in [0.2, 0.25) is 0 Å². The minimum Gasteiger partial charge on any atom is -0.357 e. The third-order valence-electron chi connectivity index (χ3n) is 4.74. The van der Waals surface area contributed by atoms with Gasteiger partial charge in [-0.1, -0.05) is 12.8 Å². The molecular weight excluding hydrogens is 318 g/mol. The van der Waals surface area contributed by atoms with Crippen LogP contribution in [0.1, 0.15) is 58.3 Å². The van der Waals surface area contributed by atoms with Crippen LogP contribution in [0.15, 0.2) is 4.99 Å². The van der Waals surface area contributed by atoms with Crippen molar-refractivity contribution in [3.8, 4) is 0 Å². The minimum atomic E-state index is 0.114. The van der Waals surface area contributed by atoms with E-state index in [1.807, 2.05) is 11.8 Å². The van der Waals surface area contributed by atoms with E-state index in [-0.39, 0.29) is 11.8 Å². The molecule has 7 nitrogen and oxygen atoms in total. The molecule has 0 radical (unpaired) electrons. The Kier molecular flexibility index (Phi) is 8.55. The molecule has 1 aliphatic heterocycles. The summed E-state index contributed by atoms with van der Waals surface area (Å²) in [6.07, 6.45) is 7.68. The molecule has 1 aliphatic carbocycles. The first-order chi connectivity index (χ1) is 12.2. The quantitative estimate of drug-likeness (QED) is 0.329. The molecule has 0 unspecified atom stereocenters. The van der Waals surface area contributed by atoms with Crippen LogP contribution in [0.3, 0.4) is 0 Å². The van der Waals surface area contributed by atoms with Gasteiger partial charge in [0.1, 0.15) is 0 Å². The number of likely N-dealkylation sites (tertiary alicyclic amines) is 1. The van der Waals surface area contributed by atoms with E-state index in [1.54, 1.807) is 0 Å². The molecule has 3 N–H and O–H groups in total. The topological polar surface area (TPSA) is 85.8 Å². The predicted molar refractivity (Wildman–Crippen MR) is 99.4 cm³/mol. The van der Waals surface area contributed by atoms with Crippen molar-refractivity contribution >= 4 is 17.8 Å². The SMILES string of the molecule is CCNC(=NCCCN1CCCC1=O)NCCC(=O)NC1CCCC1. The summed E-state index contributed by atoms with van der Waals surface area (Å²) in [5, 5.41) is 9.50. The van der Waals surface area contributed by atoms with E-state index < -0.39 is 0 Å². The van der Waals surface area contributed by atoms with Gasteiger partial charge in [-0.2, -0.15) is 0 Å². The van der Waals surface area contributed by atoms with E-state index in [9.17, 15) is 9.59 Å². The van der Waals surface area contributed by atoms with Gasteiger partial charge in [0.15, 0.2) is 5.96 Å². The highest BCUT2D eigenvalue weighted by atomic mass is 16.2. The molecule has 0 aromatic heterocycles. The number of amides is 2. The second-order valence-corrected chi connectivity index (χ2v) is 6.82. The molecule has 142 valence electrons. The first-order valence-electron chi connectivity index (χ1n) is 9.78. The van der Waals surface area contributed by atoms with E-state index in [1.165, 1.54) is 12.8 Å². The van der Waals surface area contributed by atoms with Crippen molar-refractivity contribution in [2.75, 3.05) is 32.7 Å². The lowest BCUT2D eigenvalue weighted by atomic mass is 10.2. The standard InChI is InChI=1S/C18H33N5O2/c1-2-19-18(20-11-6-14-23-13-5-9-17(23)25)21-12-10-16(24)22-15-7-3-4-8-15/h15H,2-14H2,1H3,(H,22,24)(H2,19,20,21). The fraction of sp³-hybridized carbons (Fsp3) is 0.833. The number of nitrogens with one attached hydrogen (secondary N) is 3. The van der Waals surface area contributed by atoms with Crippen molar-refractivity contribution in [2.24, 2.45) is 4.99 Å². The van der Waals surface area contributed by atoms with Crippen LogP contribution in [0.4, 0.5) is 0 Å². The molecule has 0 spiro atoms. The molecule has 1 saturated carbocycles. The van der Waals surface area contributed by atoms with Gasteiger partial charge in [0.25, 0.3) is 0 Å². The molecule has 0 aromatic carbocycles. The minimum absolute atomic E-state index is 0.114. The summed E-state index contributed by atoms with van der Waals surface area (Å²) in [5.74, 6) is 1.12. The van der Waals surface area contributed by atoms with E-state index in [2.05, 4.69) is 20.9 Å². The first-order valence-corrected chi connectivity index (χ1v) is 9.78. The zero-order valence-electron chi connectivity index (χ0n) is 15.5. The maximum atomic E-state index is 11.9. The largest absolute Gasteiger partial charge is 0.357 e. The Morgan fingerprint density at radius 2 is 2.04 bits per heavy atom. The number of carbonyl (C=O) groups is 2. The van der Waals surface area contributed by atoms with Crippen LogP contribution < -0.4 is 16.0 Å². The molecule has 2 aliphatic rings. The highest BCUT2D eigenvalue weighted by Crippen LogP contribution is 2.17. The summed E-state index contributed by atoms with van der Waals surface area (Å²) in [4.78, 5) is 29.9. The number of hydrogen-bond donors (Lipinski definition) is 3. The van der Waals surface area contributed by atoms with Gasteiger partial charge in [-0.05, 0) is 32.6 Å². The van der Waals surface area contributed by atoms with Gasteiger partial charge in [-0.3, -0.25) is 14.6 Å². The molecule has 2 rings (SSSR count). The van der Waals surface area contributed by atoms with Crippen LogP contribution >= 0.6 is 0 Å². The van der Waals surface area contributed by atoms with E-state index >= 15 is 0 Å². The van der Waals surface area contributed by atoms with Crippen molar-refractivity contribution in [1.29, 1.82) is 0 Å². The number of rotatable bonds is 9. The Bertz CT molecular complexity index is 460. The van der Waals surface area contributed by atoms with E-state index in [0.717, 1.165) is 51.3 Å². The molecular formula is C18H33N5O2. The van der Waals surface area contributed by atoms with Crippen molar-refractivity contribution in [3.05, 3.63) is 0 Å². The predicted octanol–water partition coefficient (Wildman–Crippen LogP) is 1.00. The second kappa shape index (κ2) is 10.9. The summed E-state index contributed by atoms with van der Waals surface area (Å²) in [5.41, 5.74) is 0. The summed E-state index contributed by atoms with van der Waals surface area (Å²) < 4.78 is 0.